The molecule has 3 aromatic heterocycles. The number of halogens is 4. The summed E-state index contributed by atoms with van der Waals surface area (Å²) < 4.78 is 68.0. The predicted octanol–water partition coefficient (Wildman–Crippen LogP) is 3.15. The minimum atomic E-state index is -4.89. The van der Waals surface area contributed by atoms with Gasteiger partial charge < -0.3 is 24.8 Å². The zero-order chi connectivity index (χ0) is 24.1. The van der Waals surface area contributed by atoms with E-state index in [1.807, 2.05) is 6.92 Å². The maximum Gasteiger partial charge on any atom is 0.574 e. The molecular weight excluding hydrogens is 466 g/mol. The summed E-state index contributed by atoms with van der Waals surface area (Å²) in [6.07, 6.45) is -5.33. The highest BCUT2D eigenvalue weighted by Crippen LogP contribution is 2.36. The second-order valence-electron chi connectivity index (χ2n) is 8.28. The number of fused-ring (bicyclic) bond motifs is 1. The van der Waals surface area contributed by atoms with Gasteiger partial charge in [-0.25, -0.2) is 14.2 Å². The number of nitrogens with one attached hydrogen (secondary N) is 3. The smallest absolute Gasteiger partial charge is 0.441 e. The third kappa shape index (κ3) is 4.69. The van der Waals surface area contributed by atoms with Crippen LogP contribution in [0.5, 0.6) is 5.88 Å². The fourth-order valence-corrected chi connectivity index (χ4v) is 3.48. The number of hydrogen-bond donors (Lipinski definition) is 3. The Balaban J connectivity index is 1.25. The average molecular weight is 485 g/mol. The van der Waals surface area contributed by atoms with Crippen LogP contribution < -0.4 is 15.4 Å². The number of aromatic amines is 1. The van der Waals surface area contributed by atoms with Crippen molar-refractivity contribution < 1.29 is 36.6 Å². The zero-order valence-corrected chi connectivity index (χ0v) is 17.6. The number of nitrogens with zero attached hydrogens (tertiary/aromatic N) is 4. The molecule has 1 saturated carbocycles. The van der Waals surface area contributed by atoms with Crippen LogP contribution in [0, 0.1) is 0 Å². The number of alkyl halides is 4. The van der Waals surface area contributed by atoms with E-state index in [0.29, 0.717) is 0 Å². The third-order valence-electron chi connectivity index (χ3n) is 5.47. The standard InChI is InChI=1S/C19H19F4N7O4/c1-18(3-4-18)27-17(31)33-10-8-32-15(14(10)20)9-6-11(29-28-9)25-16-24-5-2-12-26-13(7-30(12)16)34-19(21,22)23/h2,5-7,10,14-15H,3-4,8H2,1H3,(H,27,31)(H2,24,25,28,29)/t10-,14-,15-/m0/s1. The van der Waals surface area contributed by atoms with E-state index in [4.69, 9.17) is 9.47 Å². The molecule has 0 aromatic carbocycles. The first-order valence-corrected chi connectivity index (χ1v) is 10.3. The number of H-pyrrole nitrogens is 1. The normalized spacial score (nSPS) is 23.6. The van der Waals surface area contributed by atoms with Crippen LogP contribution in [0.4, 0.5) is 34.1 Å². The molecule has 1 aliphatic heterocycles. The van der Waals surface area contributed by atoms with Gasteiger partial charge in [-0.2, -0.15) is 10.1 Å². The second kappa shape index (κ2) is 8.00. The van der Waals surface area contributed by atoms with Gasteiger partial charge in [0.15, 0.2) is 18.1 Å². The monoisotopic (exact) mass is 485 g/mol. The Labute approximate surface area is 188 Å². The molecule has 1 saturated heterocycles. The Morgan fingerprint density at radius 1 is 1.38 bits per heavy atom. The van der Waals surface area contributed by atoms with Gasteiger partial charge in [0, 0.05) is 17.8 Å². The van der Waals surface area contributed by atoms with Crippen molar-refractivity contribution in [2.75, 3.05) is 11.9 Å². The molecule has 2 aliphatic rings. The summed E-state index contributed by atoms with van der Waals surface area (Å²) >= 11 is 0. The van der Waals surface area contributed by atoms with Crippen molar-refractivity contribution in [1.29, 1.82) is 0 Å². The van der Waals surface area contributed by atoms with Crippen molar-refractivity contribution in [2.24, 2.45) is 0 Å². The van der Waals surface area contributed by atoms with Gasteiger partial charge in [0.25, 0.3) is 0 Å². The van der Waals surface area contributed by atoms with Crippen molar-refractivity contribution in [3.8, 4) is 5.88 Å². The maximum atomic E-state index is 14.9. The average Bonchev–Trinajstić information content (AvgIpc) is 3.10. The molecule has 2 fully saturated rings. The third-order valence-corrected chi connectivity index (χ3v) is 5.47. The summed E-state index contributed by atoms with van der Waals surface area (Å²) in [5.41, 5.74) is 0.126. The molecule has 11 nitrogen and oxygen atoms in total. The highest BCUT2D eigenvalue weighted by Gasteiger charge is 2.44. The van der Waals surface area contributed by atoms with Crippen LogP contribution in [-0.4, -0.2) is 61.4 Å². The van der Waals surface area contributed by atoms with Crippen molar-refractivity contribution in [3.05, 3.63) is 30.2 Å². The minimum absolute atomic E-state index is 0.0932. The number of alkyl carbamates (subject to hydrolysis) is 1. The van der Waals surface area contributed by atoms with Crippen LogP contribution in [0.15, 0.2) is 24.5 Å². The SMILES string of the molecule is CC1(NC(=O)O[C@H]2CO[C@@H](c3cc(Nc4nccc5nc(OC(F)(F)F)cn45)n[nH]3)[C@H]2F)CC1. The Morgan fingerprint density at radius 2 is 2.18 bits per heavy atom. The number of carbonyl (C=O) groups excluding carboxylic acids is 1. The van der Waals surface area contributed by atoms with E-state index in [2.05, 4.69) is 35.5 Å². The van der Waals surface area contributed by atoms with Crippen LogP contribution >= 0.6 is 0 Å². The Hall–Kier alpha value is -3.62. The summed E-state index contributed by atoms with van der Waals surface area (Å²) in [7, 11) is 0. The van der Waals surface area contributed by atoms with Crippen molar-refractivity contribution in [3.63, 3.8) is 0 Å². The molecule has 182 valence electrons. The number of amides is 1. The van der Waals surface area contributed by atoms with Crippen molar-refractivity contribution in [1.82, 2.24) is 29.9 Å². The maximum absolute atomic E-state index is 14.9. The highest BCUT2D eigenvalue weighted by atomic mass is 19.4. The van der Waals surface area contributed by atoms with Crippen LogP contribution in [0.3, 0.4) is 0 Å². The number of imidazole rings is 1. The quantitative estimate of drug-likeness (QED) is 0.455. The topological polar surface area (TPSA) is 128 Å². The lowest BCUT2D eigenvalue weighted by Crippen LogP contribution is -2.39. The molecule has 4 heterocycles. The van der Waals surface area contributed by atoms with Gasteiger partial charge in [0.05, 0.1) is 18.5 Å². The van der Waals surface area contributed by atoms with Crippen molar-refractivity contribution >= 4 is 23.5 Å². The largest absolute Gasteiger partial charge is 0.574 e. The predicted molar refractivity (Wildman–Crippen MR) is 106 cm³/mol. The lowest BCUT2D eigenvalue weighted by molar-refractivity contribution is -0.276. The van der Waals surface area contributed by atoms with Crippen LogP contribution in [0.2, 0.25) is 0 Å². The number of ether oxygens (including phenoxy) is 3. The number of carbonyl (C=O) groups is 1. The molecule has 0 spiro atoms. The van der Waals surface area contributed by atoms with Gasteiger partial charge in [0.1, 0.15) is 11.8 Å². The molecule has 3 aromatic rings. The number of aromatic nitrogens is 5. The van der Waals surface area contributed by atoms with E-state index < -0.39 is 36.7 Å². The fraction of sp³-hybridized carbons (Fsp3) is 0.474. The Kier molecular flexibility index (Phi) is 5.22. The van der Waals surface area contributed by atoms with Crippen LogP contribution in [-0.2, 0) is 9.47 Å². The van der Waals surface area contributed by atoms with Crippen LogP contribution in [0.25, 0.3) is 5.65 Å². The first kappa shape index (κ1) is 22.2. The summed E-state index contributed by atoms with van der Waals surface area (Å²) in [4.78, 5) is 19.8. The highest BCUT2D eigenvalue weighted by molar-refractivity contribution is 5.69. The number of hydrogen-bond acceptors (Lipinski definition) is 8. The lowest BCUT2D eigenvalue weighted by Gasteiger charge is -2.17. The molecule has 15 heteroatoms. The molecule has 1 amide bonds. The Morgan fingerprint density at radius 3 is 2.91 bits per heavy atom. The molecule has 5 rings (SSSR count). The van der Waals surface area contributed by atoms with Gasteiger partial charge in [0.2, 0.25) is 11.8 Å². The van der Waals surface area contributed by atoms with Gasteiger partial charge in [-0.3, -0.25) is 9.50 Å². The second-order valence-corrected chi connectivity index (χ2v) is 8.28. The summed E-state index contributed by atoms with van der Waals surface area (Å²) in [5, 5.41) is 12.2. The van der Waals surface area contributed by atoms with Gasteiger partial charge in [-0.1, -0.05) is 0 Å². The lowest BCUT2D eigenvalue weighted by atomic mass is 10.1. The van der Waals surface area contributed by atoms with E-state index in [0.717, 1.165) is 19.0 Å². The zero-order valence-electron chi connectivity index (χ0n) is 17.6. The van der Waals surface area contributed by atoms with E-state index in [-0.39, 0.29) is 35.3 Å². The summed E-state index contributed by atoms with van der Waals surface area (Å²) in [6.45, 7) is 1.74. The Bertz CT molecular complexity index is 1210. The first-order chi connectivity index (χ1) is 16.1. The number of anilines is 2. The summed E-state index contributed by atoms with van der Waals surface area (Å²) in [5.74, 6) is -0.367. The van der Waals surface area contributed by atoms with E-state index in [1.54, 1.807) is 0 Å². The van der Waals surface area contributed by atoms with Gasteiger partial charge in [-0.15, -0.1) is 13.2 Å². The molecular formula is C19H19F4N7O4. The van der Waals surface area contributed by atoms with E-state index in [1.165, 1.54) is 22.7 Å². The molecule has 1 aliphatic carbocycles. The van der Waals surface area contributed by atoms with Crippen LogP contribution in [0.1, 0.15) is 31.6 Å². The fourth-order valence-electron chi connectivity index (χ4n) is 3.48. The molecule has 0 radical (unpaired) electrons. The first-order valence-electron chi connectivity index (χ1n) is 10.3. The molecule has 34 heavy (non-hydrogen) atoms. The molecule has 0 bridgehead atoms. The van der Waals surface area contributed by atoms with E-state index in [9.17, 15) is 22.4 Å². The minimum Gasteiger partial charge on any atom is -0.441 e. The molecule has 3 N–H and O–H groups in total. The van der Waals surface area contributed by atoms with Crippen molar-refractivity contribution in [2.45, 2.75) is 50.0 Å². The summed E-state index contributed by atoms with van der Waals surface area (Å²) in [6, 6.07) is 2.85. The molecule has 0 unspecified atom stereocenters. The van der Waals surface area contributed by atoms with Gasteiger partial charge in [-0.05, 0) is 25.8 Å². The van der Waals surface area contributed by atoms with Gasteiger partial charge >= 0.3 is 12.5 Å². The molecule has 3 atom stereocenters. The van der Waals surface area contributed by atoms with E-state index >= 15 is 0 Å². The number of rotatable bonds is 6.